The van der Waals surface area contributed by atoms with Crippen LogP contribution in [0.5, 0.6) is 0 Å². The summed E-state index contributed by atoms with van der Waals surface area (Å²) in [4.78, 5) is 32.6. The molecule has 4 rings (SSSR count). The van der Waals surface area contributed by atoms with Gasteiger partial charge in [-0.05, 0) is 39.7 Å². The molecular weight excluding hydrogens is 354 g/mol. The van der Waals surface area contributed by atoms with E-state index >= 15 is 0 Å². The second kappa shape index (κ2) is 7.15. The van der Waals surface area contributed by atoms with Gasteiger partial charge >= 0.3 is 6.09 Å². The molecule has 1 aromatic carbocycles. The van der Waals surface area contributed by atoms with Crippen molar-refractivity contribution in [2.75, 3.05) is 19.6 Å². The highest BCUT2D eigenvalue weighted by atomic mass is 16.6. The van der Waals surface area contributed by atoms with Crippen LogP contribution in [0.1, 0.15) is 44.9 Å². The zero-order chi connectivity index (χ0) is 19.9. The summed E-state index contributed by atoms with van der Waals surface area (Å²) in [5.41, 5.74) is 3.16. The van der Waals surface area contributed by atoms with Gasteiger partial charge in [-0.25, -0.2) is 4.79 Å². The Kier molecular flexibility index (Phi) is 4.81. The van der Waals surface area contributed by atoms with Crippen LogP contribution in [0, 0.1) is 5.92 Å². The molecule has 150 valence electrons. The van der Waals surface area contributed by atoms with E-state index in [0.29, 0.717) is 32.5 Å². The molecule has 0 saturated carbocycles. The van der Waals surface area contributed by atoms with E-state index in [0.717, 1.165) is 18.5 Å². The van der Waals surface area contributed by atoms with Crippen molar-refractivity contribution in [2.24, 2.45) is 5.92 Å². The topological polar surface area (TPSA) is 65.6 Å². The number of carbonyl (C=O) groups is 2. The van der Waals surface area contributed by atoms with Crippen molar-refractivity contribution in [2.45, 2.75) is 52.2 Å². The molecule has 1 fully saturated rings. The van der Waals surface area contributed by atoms with Gasteiger partial charge in [0.25, 0.3) is 0 Å². The maximum absolute atomic E-state index is 13.1. The van der Waals surface area contributed by atoms with Crippen molar-refractivity contribution in [1.29, 1.82) is 0 Å². The summed E-state index contributed by atoms with van der Waals surface area (Å²) >= 11 is 0. The summed E-state index contributed by atoms with van der Waals surface area (Å²) in [6, 6.07) is 8.29. The number of fused-ring (bicyclic) bond motifs is 3. The SMILES string of the molecule is CC(C)(C)OC(=O)N1CCC(C(=O)N2CCc3[nH]c4ccccc4c3C2)CC1. The summed E-state index contributed by atoms with van der Waals surface area (Å²) in [7, 11) is 0. The highest BCUT2D eigenvalue weighted by molar-refractivity contribution is 5.86. The zero-order valence-corrected chi connectivity index (χ0v) is 17.0. The Bertz CT molecular complexity index is 888. The summed E-state index contributed by atoms with van der Waals surface area (Å²) in [5.74, 6) is 0.213. The van der Waals surface area contributed by atoms with Crippen LogP contribution in [0.15, 0.2) is 24.3 Å². The fraction of sp³-hybridized carbons (Fsp3) is 0.545. The minimum atomic E-state index is -0.491. The number of piperidine rings is 1. The van der Waals surface area contributed by atoms with Crippen LogP contribution in [0.25, 0.3) is 10.9 Å². The average Bonchev–Trinajstić information content (AvgIpc) is 3.04. The summed E-state index contributed by atoms with van der Waals surface area (Å²) in [6.45, 7) is 8.20. The Morgan fingerprint density at radius 3 is 2.50 bits per heavy atom. The van der Waals surface area contributed by atoms with Gasteiger partial charge in [0.05, 0.1) is 0 Å². The molecule has 0 spiro atoms. The molecule has 2 aromatic rings. The van der Waals surface area contributed by atoms with Gasteiger partial charge in [0.2, 0.25) is 5.91 Å². The maximum Gasteiger partial charge on any atom is 0.410 e. The molecule has 0 bridgehead atoms. The van der Waals surface area contributed by atoms with Crippen LogP contribution in [-0.2, 0) is 22.5 Å². The Morgan fingerprint density at radius 1 is 1.07 bits per heavy atom. The lowest BCUT2D eigenvalue weighted by Crippen LogP contribution is -2.46. The van der Waals surface area contributed by atoms with Crippen molar-refractivity contribution in [3.05, 3.63) is 35.5 Å². The van der Waals surface area contributed by atoms with E-state index < -0.39 is 5.60 Å². The number of hydrogen-bond acceptors (Lipinski definition) is 3. The summed E-state index contributed by atoms with van der Waals surface area (Å²) < 4.78 is 5.45. The molecule has 0 radical (unpaired) electrons. The van der Waals surface area contributed by atoms with Gasteiger partial charge in [-0.2, -0.15) is 0 Å². The molecule has 0 atom stereocenters. The smallest absolute Gasteiger partial charge is 0.410 e. The quantitative estimate of drug-likeness (QED) is 0.817. The molecule has 2 aliphatic rings. The Labute approximate surface area is 165 Å². The lowest BCUT2D eigenvalue weighted by Gasteiger charge is -2.36. The molecular formula is C22H29N3O3. The molecule has 2 aliphatic heterocycles. The minimum absolute atomic E-state index is 0.00885. The number of H-pyrrole nitrogens is 1. The molecule has 28 heavy (non-hydrogen) atoms. The van der Waals surface area contributed by atoms with Gasteiger partial charge in [-0.1, -0.05) is 18.2 Å². The second-order valence-electron chi connectivity index (χ2n) is 8.88. The fourth-order valence-electron chi connectivity index (χ4n) is 4.25. The van der Waals surface area contributed by atoms with Crippen LogP contribution in [0.3, 0.4) is 0 Å². The van der Waals surface area contributed by atoms with E-state index in [1.165, 1.54) is 16.6 Å². The van der Waals surface area contributed by atoms with E-state index in [2.05, 4.69) is 17.1 Å². The first-order chi connectivity index (χ1) is 13.3. The Morgan fingerprint density at radius 2 is 1.79 bits per heavy atom. The van der Waals surface area contributed by atoms with E-state index in [9.17, 15) is 9.59 Å². The molecule has 6 nitrogen and oxygen atoms in total. The van der Waals surface area contributed by atoms with Crippen LogP contribution < -0.4 is 0 Å². The standard InChI is InChI=1S/C22H29N3O3/c1-22(2,3)28-21(27)24-11-8-15(9-12-24)20(26)25-13-10-19-17(14-25)16-6-4-5-7-18(16)23-19/h4-7,15,23H,8-14H2,1-3H3. The molecule has 6 heteroatoms. The molecule has 1 N–H and O–H groups in total. The van der Waals surface area contributed by atoms with Crippen molar-refractivity contribution < 1.29 is 14.3 Å². The number of carbonyl (C=O) groups excluding carboxylic acids is 2. The summed E-state index contributed by atoms with van der Waals surface area (Å²) in [6.07, 6.45) is 2.00. The van der Waals surface area contributed by atoms with E-state index in [-0.39, 0.29) is 17.9 Å². The normalized spacial score (nSPS) is 18.2. The first-order valence-corrected chi connectivity index (χ1v) is 10.2. The van der Waals surface area contributed by atoms with Gasteiger partial charge in [-0.15, -0.1) is 0 Å². The number of aromatic nitrogens is 1. The highest BCUT2D eigenvalue weighted by Crippen LogP contribution is 2.30. The fourth-order valence-corrected chi connectivity index (χ4v) is 4.25. The predicted molar refractivity (Wildman–Crippen MR) is 108 cm³/mol. The lowest BCUT2D eigenvalue weighted by molar-refractivity contribution is -0.138. The number of nitrogens with zero attached hydrogens (tertiary/aromatic N) is 2. The third-order valence-corrected chi connectivity index (χ3v) is 5.69. The largest absolute Gasteiger partial charge is 0.444 e. The third-order valence-electron chi connectivity index (χ3n) is 5.69. The molecule has 2 amide bonds. The third kappa shape index (κ3) is 3.73. The molecule has 0 aliphatic carbocycles. The van der Waals surface area contributed by atoms with Crippen molar-refractivity contribution in [1.82, 2.24) is 14.8 Å². The first kappa shape index (κ1) is 18.8. The lowest BCUT2D eigenvalue weighted by atomic mass is 9.94. The van der Waals surface area contributed by atoms with Gasteiger partial charge in [0.15, 0.2) is 0 Å². The number of amides is 2. The average molecular weight is 383 g/mol. The predicted octanol–water partition coefficient (Wildman–Crippen LogP) is 3.70. The minimum Gasteiger partial charge on any atom is -0.444 e. The number of benzene rings is 1. The van der Waals surface area contributed by atoms with Crippen LogP contribution >= 0.6 is 0 Å². The van der Waals surface area contributed by atoms with E-state index in [4.69, 9.17) is 4.74 Å². The first-order valence-electron chi connectivity index (χ1n) is 10.2. The number of ether oxygens (including phenoxy) is 1. The number of nitrogens with one attached hydrogen (secondary N) is 1. The van der Waals surface area contributed by atoms with Crippen LogP contribution in [0.2, 0.25) is 0 Å². The van der Waals surface area contributed by atoms with Gasteiger partial charge in [0, 0.05) is 60.7 Å². The van der Waals surface area contributed by atoms with E-state index in [1.807, 2.05) is 37.8 Å². The summed E-state index contributed by atoms with van der Waals surface area (Å²) in [5, 5.41) is 1.22. The van der Waals surface area contributed by atoms with Crippen molar-refractivity contribution in [3.63, 3.8) is 0 Å². The zero-order valence-electron chi connectivity index (χ0n) is 17.0. The van der Waals surface area contributed by atoms with Crippen molar-refractivity contribution in [3.8, 4) is 0 Å². The maximum atomic E-state index is 13.1. The molecule has 1 aromatic heterocycles. The van der Waals surface area contributed by atoms with Gasteiger partial charge in [0.1, 0.15) is 5.60 Å². The monoisotopic (exact) mass is 383 g/mol. The van der Waals surface area contributed by atoms with E-state index in [1.54, 1.807) is 4.90 Å². The Balaban J connectivity index is 1.38. The molecule has 1 saturated heterocycles. The number of para-hydroxylation sites is 1. The number of hydrogen-bond donors (Lipinski definition) is 1. The van der Waals surface area contributed by atoms with Crippen LogP contribution in [-0.4, -0.2) is 52.0 Å². The number of aromatic amines is 1. The van der Waals surface area contributed by atoms with Crippen LogP contribution in [0.4, 0.5) is 4.79 Å². The second-order valence-corrected chi connectivity index (χ2v) is 8.88. The molecule has 0 unspecified atom stereocenters. The number of rotatable bonds is 1. The Hall–Kier alpha value is -2.50. The van der Waals surface area contributed by atoms with Crippen molar-refractivity contribution >= 4 is 22.9 Å². The van der Waals surface area contributed by atoms with Gasteiger partial charge in [-0.3, -0.25) is 4.79 Å². The number of likely N-dealkylation sites (tertiary alicyclic amines) is 1. The van der Waals surface area contributed by atoms with Gasteiger partial charge < -0.3 is 19.5 Å². The highest BCUT2D eigenvalue weighted by Gasteiger charge is 2.33. The molecule has 3 heterocycles.